The van der Waals surface area contributed by atoms with Crippen LogP contribution in [0.1, 0.15) is 37.8 Å². The van der Waals surface area contributed by atoms with Gasteiger partial charge >= 0.3 is 0 Å². The van der Waals surface area contributed by atoms with Crippen LogP contribution in [0.2, 0.25) is 0 Å². The Balaban J connectivity index is 1.76. The van der Waals surface area contributed by atoms with E-state index in [0.717, 1.165) is 43.7 Å². The number of nitrogens with one attached hydrogen (secondary N) is 1. The summed E-state index contributed by atoms with van der Waals surface area (Å²) in [6, 6.07) is 8.27. The van der Waals surface area contributed by atoms with E-state index < -0.39 is 0 Å². The van der Waals surface area contributed by atoms with Gasteiger partial charge in [0.1, 0.15) is 5.75 Å². The van der Waals surface area contributed by atoms with Crippen LogP contribution in [0.5, 0.6) is 5.75 Å². The Hall–Kier alpha value is -1.55. The van der Waals surface area contributed by atoms with Gasteiger partial charge in [0.2, 0.25) is 5.91 Å². The average Bonchev–Trinajstić information content (AvgIpc) is 2.85. The van der Waals surface area contributed by atoms with Crippen molar-refractivity contribution in [2.45, 2.75) is 38.3 Å². The van der Waals surface area contributed by atoms with E-state index in [0.29, 0.717) is 6.61 Å². The zero-order valence-corrected chi connectivity index (χ0v) is 12.0. The molecule has 1 aromatic rings. The molecule has 1 N–H and O–H groups in total. The predicted molar refractivity (Wildman–Crippen MR) is 77.7 cm³/mol. The third-order valence-corrected chi connectivity index (χ3v) is 4.18. The van der Waals surface area contributed by atoms with E-state index in [1.165, 1.54) is 0 Å². The molecule has 0 radical (unpaired) electrons. The minimum Gasteiger partial charge on any atom is -0.493 e. The topological polar surface area (TPSA) is 41.6 Å². The van der Waals surface area contributed by atoms with Gasteiger partial charge in [0.15, 0.2) is 0 Å². The van der Waals surface area contributed by atoms with Gasteiger partial charge in [-0.3, -0.25) is 4.79 Å². The molecule has 20 heavy (non-hydrogen) atoms. The van der Waals surface area contributed by atoms with E-state index in [1.807, 2.05) is 23.1 Å². The minimum atomic E-state index is 0.00459. The highest BCUT2D eigenvalue weighted by Gasteiger charge is 2.37. The Kier molecular flexibility index (Phi) is 3.92. The van der Waals surface area contributed by atoms with Gasteiger partial charge in [0.25, 0.3) is 0 Å². The van der Waals surface area contributed by atoms with Gasteiger partial charge in [-0.1, -0.05) is 25.1 Å². The summed E-state index contributed by atoms with van der Waals surface area (Å²) in [6.45, 7) is 4.57. The number of ether oxygens (including phenoxy) is 1. The Morgan fingerprint density at radius 2 is 2.20 bits per heavy atom. The molecular formula is C16H22N2O2. The third kappa shape index (κ3) is 2.40. The number of nitrogens with zero attached hydrogens (tertiary/aromatic N) is 1. The fraction of sp³-hybridized carbons (Fsp3) is 0.562. The maximum atomic E-state index is 12.5. The van der Waals surface area contributed by atoms with Crippen molar-refractivity contribution in [3.8, 4) is 5.75 Å². The molecule has 0 bridgehead atoms. The fourth-order valence-electron chi connectivity index (χ4n) is 3.17. The number of hydrogen-bond donors (Lipinski definition) is 1. The maximum absolute atomic E-state index is 12.5. The Morgan fingerprint density at radius 1 is 1.35 bits per heavy atom. The van der Waals surface area contributed by atoms with E-state index in [-0.39, 0.29) is 18.0 Å². The maximum Gasteiger partial charge on any atom is 0.240 e. The number of likely N-dealkylation sites (tertiary alicyclic amines) is 1. The van der Waals surface area contributed by atoms with Crippen molar-refractivity contribution in [1.29, 1.82) is 0 Å². The predicted octanol–water partition coefficient (Wildman–Crippen LogP) is 2.11. The summed E-state index contributed by atoms with van der Waals surface area (Å²) in [5.74, 6) is 1.18. The van der Waals surface area contributed by atoms with Crippen molar-refractivity contribution >= 4 is 5.91 Å². The number of carbonyl (C=O) groups excluding carboxylic acids is 1. The van der Waals surface area contributed by atoms with E-state index in [2.05, 4.69) is 18.3 Å². The summed E-state index contributed by atoms with van der Waals surface area (Å²) < 4.78 is 5.69. The first kappa shape index (κ1) is 13.4. The van der Waals surface area contributed by atoms with Gasteiger partial charge in [0, 0.05) is 18.5 Å². The van der Waals surface area contributed by atoms with E-state index in [9.17, 15) is 4.79 Å². The molecule has 1 aromatic carbocycles. The molecule has 0 spiro atoms. The standard InChI is InChI=1S/C16H22N2O2/c1-2-9-17-13-7-10-18(16(13)19)14-8-11-20-15-6-4-3-5-12(14)15/h3-6,13-14,17H,2,7-11H2,1H3. The van der Waals surface area contributed by atoms with E-state index in [1.54, 1.807) is 0 Å². The highest BCUT2D eigenvalue weighted by atomic mass is 16.5. The number of fused-ring (bicyclic) bond motifs is 1. The molecule has 0 saturated carbocycles. The van der Waals surface area contributed by atoms with Gasteiger partial charge in [0.05, 0.1) is 18.7 Å². The first-order valence-electron chi connectivity index (χ1n) is 7.57. The second-order valence-corrected chi connectivity index (χ2v) is 5.52. The normalized spacial score (nSPS) is 25.4. The Morgan fingerprint density at radius 3 is 3.05 bits per heavy atom. The second-order valence-electron chi connectivity index (χ2n) is 5.52. The molecule has 3 rings (SSSR count). The second kappa shape index (κ2) is 5.83. The van der Waals surface area contributed by atoms with Crippen molar-refractivity contribution in [2.24, 2.45) is 0 Å². The third-order valence-electron chi connectivity index (χ3n) is 4.18. The van der Waals surface area contributed by atoms with Crippen LogP contribution in [0.25, 0.3) is 0 Å². The van der Waals surface area contributed by atoms with Gasteiger partial charge in [-0.05, 0) is 25.5 Å². The summed E-state index contributed by atoms with van der Waals surface area (Å²) in [6.07, 6.45) is 2.87. The van der Waals surface area contributed by atoms with Crippen molar-refractivity contribution < 1.29 is 9.53 Å². The zero-order valence-electron chi connectivity index (χ0n) is 12.0. The molecule has 0 aliphatic carbocycles. The van der Waals surface area contributed by atoms with Gasteiger partial charge in [-0.2, -0.15) is 0 Å². The van der Waals surface area contributed by atoms with Gasteiger partial charge < -0.3 is 15.0 Å². The van der Waals surface area contributed by atoms with Crippen LogP contribution in [0.15, 0.2) is 24.3 Å². The molecule has 0 aromatic heterocycles. The molecule has 108 valence electrons. The van der Waals surface area contributed by atoms with Gasteiger partial charge in [-0.25, -0.2) is 0 Å². The molecule has 4 heteroatoms. The van der Waals surface area contributed by atoms with Crippen molar-refractivity contribution in [2.75, 3.05) is 19.7 Å². The highest BCUT2D eigenvalue weighted by molar-refractivity contribution is 5.84. The first-order valence-corrected chi connectivity index (χ1v) is 7.57. The minimum absolute atomic E-state index is 0.00459. The molecule has 1 fully saturated rings. The van der Waals surface area contributed by atoms with E-state index >= 15 is 0 Å². The number of rotatable bonds is 4. The summed E-state index contributed by atoms with van der Waals surface area (Å²) in [5.41, 5.74) is 1.16. The molecule has 1 amide bonds. The number of carbonyl (C=O) groups is 1. The molecule has 4 nitrogen and oxygen atoms in total. The van der Waals surface area contributed by atoms with Gasteiger partial charge in [-0.15, -0.1) is 0 Å². The number of hydrogen-bond acceptors (Lipinski definition) is 3. The lowest BCUT2D eigenvalue weighted by atomic mass is 9.99. The molecule has 2 heterocycles. The summed E-state index contributed by atoms with van der Waals surface area (Å²) >= 11 is 0. The van der Waals surface area contributed by atoms with Crippen LogP contribution in [0.3, 0.4) is 0 Å². The summed E-state index contributed by atoms with van der Waals surface area (Å²) in [5, 5.41) is 3.35. The first-order chi connectivity index (χ1) is 9.81. The van der Waals surface area contributed by atoms with Crippen LogP contribution in [0.4, 0.5) is 0 Å². The van der Waals surface area contributed by atoms with Crippen LogP contribution in [0, 0.1) is 0 Å². The van der Waals surface area contributed by atoms with Crippen LogP contribution in [-0.2, 0) is 4.79 Å². The van der Waals surface area contributed by atoms with Crippen LogP contribution >= 0.6 is 0 Å². The van der Waals surface area contributed by atoms with Crippen molar-refractivity contribution in [1.82, 2.24) is 10.2 Å². The van der Waals surface area contributed by atoms with Crippen LogP contribution in [-0.4, -0.2) is 36.5 Å². The van der Waals surface area contributed by atoms with E-state index in [4.69, 9.17) is 4.74 Å². The lowest BCUT2D eigenvalue weighted by molar-refractivity contribution is -0.132. The largest absolute Gasteiger partial charge is 0.493 e. The number of para-hydroxylation sites is 1. The lowest BCUT2D eigenvalue weighted by Crippen LogP contribution is -2.41. The molecule has 2 aliphatic heterocycles. The lowest BCUT2D eigenvalue weighted by Gasteiger charge is -2.33. The summed E-state index contributed by atoms with van der Waals surface area (Å²) in [4.78, 5) is 14.6. The summed E-state index contributed by atoms with van der Waals surface area (Å²) in [7, 11) is 0. The molecule has 2 unspecified atom stereocenters. The van der Waals surface area contributed by atoms with Crippen LogP contribution < -0.4 is 10.1 Å². The Bertz CT molecular complexity index is 489. The quantitative estimate of drug-likeness (QED) is 0.914. The number of amides is 1. The molecular weight excluding hydrogens is 252 g/mol. The SMILES string of the molecule is CCCNC1CCN(C2CCOc3ccccc32)C1=O. The average molecular weight is 274 g/mol. The zero-order chi connectivity index (χ0) is 13.9. The highest BCUT2D eigenvalue weighted by Crippen LogP contribution is 2.37. The number of benzene rings is 1. The molecule has 1 saturated heterocycles. The smallest absolute Gasteiger partial charge is 0.240 e. The molecule has 2 atom stereocenters. The van der Waals surface area contributed by atoms with Crippen molar-refractivity contribution in [3.05, 3.63) is 29.8 Å². The molecule has 2 aliphatic rings. The van der Waals surface area contributed by atoms with Crippen molar-refractivity contribution in [3.63, 3.8) is 0 Å². The Labute approximate surface area is 120 Å². The monoisotopic (exact) mass is 274 g/mol. The fourth-order valence-corrected chi connectivity index (χ4v) is 3.17.